The number of carbonyl (C=O) groups excluding carboxylic acids is 2. The summed E-state index contributed by atoms with van der Waals surface area (Å²) in [5.41, 5.74) is 6.36. The summed E-state index contributed by atoms with van der Waals surface area (Å²) in [6.07, 6.45) is 3.09. The number of nitrogens with one attached hydrogen (secondary N) is 1. The van der Waals surface area contributed by atoms with Gasteiger partial charge in [0.15, 0.2) is 6.61 Å². The van der Waals surface area contributed by atoms with Crippen molar-refractivity contribution in [2.24, 2.45) is 0 Å². The van der Waals surface area contributed by atoms with Crippen LogP contribution in [0.2, 0.25) is 0 Å². The van der Waals surface area contributed by atoms with Crippen LogP contribution >= 0.6 is 0 Å². The highest BCUT2D eigenvalue weighted by Gasteiger charge is 2.35. The highest BCUT2D eigenvalue weighted by Crippen LogP contribution is 2.28. The van der Waals surface area contributed by atoms with Crippen molar-refractivity contribution in [1.29, 1.82) is 5.26 Å². The van der Waals surface area contributed by atoms with Gasteiger partial charge in [-0.2, -0.15) is 5.26 Å². The Balaban J connectivity index is 1.92. The van der Waals surface area contributed by atoms with E-state index in [0.29, 0.717) is 18.5 Å². The lowest BCUT2D eigenvalue weighted by atomic mass is 10.00. The maximum absolute atomic E-state index is 12.0. The van der Waals surface area contributed by atoms with Gasteiger partial charge in [0, 0.05) is 5.69 Å². The number of carbonyl (C=O) groups is 2. The van der Waals surface area contributed by atoms with E-state index < -0.39 is 24.0 Å². The van der Waals surface area contributed by atoms with Gasteiger partial charge >= 0.3 is 5.97 Å². The molecule has 2 rings (SSSR count). The molecule has 0 spiro atoms. The SMILES string of the molecule is Cc1cccc(C(=O)OCC(=O)NC2(C#N)CCCC2)c1N. The molecule has 1 saturated carbocycles. The van der Waals surface area contributed by atoms with Crippen molar-refractivity contribution >= 4 is 17.6 Å². The second kappa shape index (κ2) is 6.48. The van der Waals surface area contributed by atoms with Gasteiger partial charge in [0.05, 0.1) is 11.6 Å². The number of hydrogen-bond donors (Lipinski definition) is 2. The lowest BCUT2D eigenvalue weighted by molar-refractivity contribution is -0.125. The van der Waals surface area contributed by atoms with Crippen LogP contribution in [0.25, 0.3) is 0 Å². The van der Waals surface area contributed by atoms with E-state index in [2.05, 4.69) is 11.4 Å². The Morgan fingerprint density at radius 1 is 1.41 bits per heavy atom. The number of para-hydroxylation sites is 1. The van der Waals surface area contributed by atoms with Crippen LogP contribution in [0.15, 0.2) is 18.2 Å². The van der Waals surface area contributed by atoms with Crippen LogP contribution in [-0.2, 0) is 9.53 Å². The van der Waals surface area contributed by atoms with Gasteiger partial charge < -0.3 is 15.8 Å². The first-order valence-corrected chi connectivity index (χ1v) is 7.22. The number of nitriles is 1. The summed E-state index contributed by atoms with van der Waals surface area (Å²) >= 11 is 0. The van der Waals surface area contributed by atoms with Gasteiger partial charge in [-0.1, -0.05) is 12.1 Å². The van der Waals surface area contributed by atoms with Crippen molar-refractivity contribution in [3.8, 4) is 6.07 Å². The number of amides is 1. The number of nitrogen functional groups attached to an aromatic ring is 1. The molecule has 3 N–H and O–H groups in total. The lowest BCUT2D eigenvalue weighted by Gasteiger charge is -2.21. The number of benzene rings is 1. The van der Waals surface area contributed by atoms with Gasteiger partial charge in [0.1, 0.15) is 5.54 Å². The molecule has 0 unspecified atom stereocenters. The van der Waals surface area contributed by atoms with E-state index in [4.69, 9.17) is 10.5 Å². The summed E-state index contributed by atoms with van der Waals surface area (Å²) in [5, 5.41) is 11.9. The average Bonchev–Trinajstić information content (AvgIpc) is 2.96. The normalized spacial score (nSPS) is 15.8. The number of esters is 1. The van der Waals surface area contributed by atoms with E-state index >= 15 is 0 Å². The monoisotopic (exact) mass is 301 g/mol. The number of ether oxygens (including phenoxy) is 1. The number of rotatable bonds is 4. The van der Waals surface area contributed by atoms with Gasteiger partial charge in [-0.15, -0.1) is 0 Å². The molecular formula is C16H19N3O3. The summed E-state index contributed by atoms with van der Waals surface area (Å²) < 4.78 is 4.99. The zero-order chi connectivity index (χ0) is 16.2. The Kier molecular flexibility index (Phi) is 4.66. The summed E-state index contributed by atoms with van der Waals surface area (Å²) in [6, 6.07) is 7.19. The summed E-state index contributed by atoms with van der Waals surface area (Å²) in [7, 11) is 0. The Labute approximate surface area is 129 Å². The van der Waals surface area contributed by atoms with Crippen LogP contribution in [0.4, 0.5) is 5.69 Å². The number of anilines is 1. The quantitative estimate of drug-likeness (QED) is 0.650. The molecule has 0 aliphatic heterocycles. The Morgan fingerprint density at radius 2 is 2.09 bits per heavy atom. The third-order valence-corrected chi connectivity index (χ3v) is 3.93. The maximum atomic E-state index is 12.0. The standard InChI is InChI=1S/C16H19N3O3/c1-11-5-4-6-12(14(11)18)15(21)22-9-13(20)19-16(10-17)7-2-3-8-16/h4-6H,2-3,7-9,18H2,1H3,(H,19,20). The number of hydrogen-bond acceptors (Lipinski definition) is 5. The molecule has 1 amide bonds. The van der Waals surface area contributed by atoms with Gasteiger partial charge in [-0.25, -0.2) is 4.79 Å². The summed E-state index contributed by atoms with van der Waals surface area (Å²) in [5.74, 6) is -1.11. The van der Waals surface area contributed by atoms with Gasteiger partial charge in [-0.3, -0.25) is 4.79 Å². The van der Waals surface area contributed by atoms with Gasteiger partial charge in [0.25, 0.3) is 5.91 Å². The molecule has 0 bridgehead atoms. The molecule has 0 heterocycles. The summed E-state index contributed by atoms with van der Waals surface area (Å²) in [6.45, 7) is 1.37. The largest absolute Gasteiger partial charge is 0.452 e. The molecule has 1 aliphatic rings. The molecule has 1 fully saturated rings. The minimum atomic E-state index is -0.814. The fraction of sp³-hybridized carbons (Fsp3) is 0.438. The van der Waals surface area contributed by atoms with Crippen molar-refractivity contribution in [2.45, 2.75) is 38.1 Å². The predicted molar refractivity (Wildman–Crippen MR) is 80.8 cm³/mol. The highest BCUT2D eigenvalue weighted by molar-refractivity contribution is 5.96. The molecule has 6 nitrogen and oxygen atoms in total. The number of nitrogens with zero attached hydrogens (tertiary/aromatic N) is 1. The van der Waals surface area contributed by atoms with Crippen molar-refractivity contribution in [3.63, 3.8) is 0 Å². The molecule has 0 saturated heterocycles. The molecule has 0 radical (unpaired) electrons. The van der Waals surface area contributed by atoms with Crippen LogP contribution in [0.3, 0.4) is 0 Å². The molecule has 1 aromatic rings. The summed E-state index contributed by atoms with van der Waals surface area (Å²) in [4.78, 5) is 23.8. The van der Waals surface area contributed by atoms with E-state index in [1.54, 1.807) is 25.1 Å². The lowest BCUT2D eigenvalue weighted by Crippen LogP contribution is -2.46. The molecule has 1 aliphatic carbocycles. The first-order valence-electron chi connectivity index (χ1n) is 7.22. The van der Waals surface area contributed by atoms with Crippen LogP contribution in [0.1, 0.15) is 41.6 Å². The number of aryl methyl sites for hydroxylation is 1. The van der Waals surface area contributed by atoms with E-state index in [0.717, 1.165) is 18.4 Å². The Morgan fingerprint density at radius 3 is 2.73 bits per heavy atom. The molecule has 1 aromatic carbocycles. The predicted octanol–water partition coefficient (Wildman–Crippen LogP) is 1.69. The molecule has 6 heteroatoms. The van der Waals surface area contributed by atoms with Crippen LogP contribution < -0.4 is 11.1 Å². The Hall–Kier alpha value is -2.55. The van der Waals surface area contributed by atoms with Crippen LogP contribution in [0.5, 0.6) is 0 Å². The molecular weight excluding hydrogens is 282 g/mol. The topological polar surface area (TPSA) is 105 Å². The van der Waals surface area contributed by atoms with E-state index in [9.17, 15) is 14.9 Å². The second-order valence-electron chi connectivity index (χ2n) is 5.56. The van der Waals surface area contributed by atoms with Crippen LogP contribution in [-0.4, -0.2) is 24.0 Å². The third-order valence-electron chi connectivity index (χ3n) is 3.93. The highest BCUT2D eigenvalue weighted by atomic mass is 16.5. The van der Waals surface area contributed by atoms with E-state index in [1.165, 1.54) is 0 Å². The Bertz CT molecular complexity index is 628. The van der Waals surface area contributed by atoms with Crippen molar-refractivity contribution in [1.82, 2.24) is 5.32 Å². The molecule has 22 heavy (non-hydrogen) atoms. The van der Waals surface area contributed by atoms with Crippen molar-refractivity contribution in [3.05, 3.63) is 29.3 Å². The second-order valence-corrected chi connectivity index (χ2v) is 5.56. The third kappa shape index (κ3) is 3.37. The molecule has 0 atom stereocenters. The fourth-order valence-corrected chi connectivity index (χ4v) is 2.61. The van der Waals surface area contributed by atoms with Crippen molar-refractivity contribution < 1.29 is 14.3 Å². The van der Waals surface area contributed by atoms with E-state index in [1.807, 2.05) is 0 Å². The maximum Gasteiger partial charge on any atom is 0.340 e. The zero-order valence-electron chi connectivity index (χ0n) is 12.5. The van der Waals surface area contributed by atoms with Gasteiger partial charge in [0.2, 0.25) is 0 Å². The number of nitrogens with two attached hydrogens (primary N) is 1. The van der Waals surface area contributed by atoms with E-state index in [-0.39, 0.29) is 5.56 Å². The average molecular weight is 301 g/mol. The smallest absolute Gasteiger partial charge is 0.340 e. The fourth-order valence-electron chi connectivity index (χ4n) is 2.61. The molecule has 116 valence electrons. The zero-order valence-corrected chi connectivity index (χ0v) is 12.5. The first-order chi connectivity index (χ1) is 10.5. The van der Waals surface area contributed by atoms with Gasteiger partial charge in [-0.05, 0) is 44.2 Å². The minimum absolute atomic E-state index is 0.240. The van der Waals surface area contributed by atoms with Crippen LogP contribution in [0, 0.1) is 18.3 Å². The van der Waals surface area contributed by atoms with Crippen molar-refractivity contribution in [2.75, 3.05) is 12.3 Å². The first kappa shape index (κ1) is 15.8. The molecule has 0 aromatic heterocycles. The minimum Gasteiger partial charge on any atom is -0.452 e.